The zero-order valence-electron chi connectivity index (χ0n) is 8.92. The summed E-state index contributed by atoms with van der Waals surface area (Å²) in [6.07, 6.45) is 0. The van der Waals surface area contributed by atoms with E-state index in [0.29, 0.717) is 5.84 Å². The first-order chi connectivity index (χ1) is 5.93. The van der Waals surface area contributed by atoms with Crippen LogP contribution in [0, 0.1) is 5.92 Å². The second kappa shape index (κ2) is 5.56. The van der Waals surface area contributed by atoms with Crippen molar-refractivity contribution in [1.29, 1.82) is 0 Å². The fourth-order valence-electron chi connectivity index (χ4n) is 0.696. The average Bonchev–Trinajstić information content (AvgIpc) is 1.96. The van der Waals surface area contributed by atoms with Gasteiger partial charge >= 0.3 is 5.97 Å². The number of rotatable bonds is 2. The zero-order valence-corrected chi connectivity index (χ0v) is 8.92. The Morgan fingerprint density at radius 1 is 1.31 bits per heavy atom. The highest BCUT2D eigenvalue weighted by molar-refractivity contribution is 5.84. The Balaban J connectivity index is 4.19. The minimum absolute atomic E-state index is 0.195. The Morgan fingerprint density at radius 3 is 2.15 bits per heavy atom. The lowest BCUT2D eigenvalue weighted by Gasteiger charge is -2.12. The molecule has 13 heavy (non-hydrogen) atoms. The summed E-state index contributed by atoms with van der Waals surface area (Å²) in [6, 6.07) is 0.195. The molecule has 0 saturated heterocycles. The molecular formula is C9H18N2O2. The molecule has 4 nitrogen and oxygen atoms in total. The molecule has 0 aromatic rings. The molecule has 0 spiro atoms. The van der Waals surface area contributed by atoms with E-state index < -0.39 is 0 Å². The second-order valence-corrected chi connectivity index (χ2v) is 3.46. The molecule has 0 fully saturated rings. The molecule has 0 heterocycles. The highest BCUT2D eigenvalue weighted by atomic mass is 16.7. The molecule has 76 valence electrons. The summed E-state index contributed by atoms with van der Waals surface area (Å²) in [4.78, 5) is 19.4. The van der Waals surface area contributed by atoms with Crippen molar-refractivity contribution in [2.24, 2.45) is 10.9 Å². The van der Waals surface area contributed by atoms with Gasteiger partial charge in [-0.1, -0.05) is 13.8 Å². The van der Waals surface area contributed by atoms with Gasteiger partial charge in [-0.05, 0) is 13.8 Å². The number of nitrogens with zero attached hydrogens (tertiary/aromatic N) is 1. The van der Waals surface area contributed by atoms with Crippen LogP contribution in [-0.4, -0.2) is 17.8 Å². The number of hydroxylamine groups is 1. The summed E-state index contributed by atoms with van der Waals surface area (Å²) in [5, 5.41) is 0. The maximum atomic E-state index is 10.5. The number of hydrogen-bond donors (Lipinski definition) is 1. The highest BCUT2D eigenvalue weighted by Gasteiger charge is 2.06. The molecule has 0 atom stereocenters. The van der Waals surface area contributed by atoms with Crippen LogP contribution < -0.4 is 5.48 Å². The number of aliphatic imine (C=N–C) groups is 1. The lowest BCUT2D eigenvalue weighted by Crippen LogP contribution is -2.31. The predicted octanol–water partition coefficient (Wildman–Crippen LogP) is 1.52. The van der Waals surface area contributed by atoms with Gasteiger partial charge in [0.2, 0.25) is 0 Å². The minimum atomic E-state index is -0.364. The van der Waals surface area contributed by atoms with Gasteiger partial charge in [0.05, 0.1) is 0 Å². The highest BCUT2D eigenvalue weighted by Crippen LogP contribution is 1.98. The Hall–Kier alpha value is -1.06. The topological polar surface area (TPSA) is 50.7 Å². The van der Waals surface area contributed by atoms with Crippen LogP contribution >= 0.6 is 0 Å². The van der Waals surface area contributed by atoms with Crippen LogP contribution in [-0.2, 0) is 9.63 Å². The Bertz CT molecular complexity index is 198. The van der Waals surface area contributed by atoms with Gasteiger partial charge in [0.15, 0.2) is 0 Å². The standard InChI is InChI=1S/C9H18N2O2/c1-6(2)9(10-7(3)4)11-13-8(5)12/h6-7H,1-5H3,(H,10,11). The van der Waals surface area contributed by atoms with E-state index in [4.69, 9.17) is 0 Å². The maximum absolute atomic E-state index is 10.5. The first kappa shape index (κ1) is 11.9. The van der Waals surface area contributed by atoms with Gasteiger partial charge in [0.25, 0.3) is 0 Å². The van der Waals surface area contributed by atoms with Crippen LogP contribution in [0.5, 0.6) is 0 Å². The van der Waals surface area contributed by atoms with Crippen molar-refractivity contribution in [3.05, 3.63) is 0 Å². The molecule has 0 unspecified atom stereocenters. The first-order valence-electron chi connectivity index (χ1n) is 4.44. The van der Waals surface area contributed by atoms with Gasteiger partial charge < -0.3 is 4.84 Å². The van der Waals surface area contributed by atoms with E-state index in [2.05, 4.69) is 15.3 Å². The van der Waals surface area contributed by atoms with E-state index in [-0.39, 0.29) is 17.9 Å². The molecule has 0 aliphatic heterocycles. The van der Waals surface area contributed by atoms with Gasteiger partial charge in [-0.3, -0.25) is 9.79 Å². The van der Waals surface area contributed by atoms with E-state index in [1.165, 1.54) is 6.92 Å². The predicted molar refractivity (Wildman–Crippen MR) is 52.3 cm³/mol. The smallest absolute Gasteiger partial charge is 0.329 e. The number of carbonyl (C=O) groups is 1. The largest absolute Gasteiger partial charge is 0.343 e. The molecule has 0 amide bonds. The monoisotopic (exact) mass is 186 g/mol. The summed E-state index contributed by atoms with van der Waals surface area (Å²) >= 11 is 0. The van der Waals surface area contributed by atoms with Crippen LogP contribution in [0.25, 0.3) is 0 Å². The van der Waals surface area contributed by atoms with E-state index in [0.717, 1.165) is 0 Å². The molecular weight excluding hydrogens is 168 g/mol. The third-order valence-corrected chi connectivity index (χ3v) is 1.24. The summed E-state index contributed by atoms with van der Waals surface area (Å²) in [5.74, 6) is 0.559. The molecule has 0 aliphatic carbocycles. The van der Waals surface area contributed by atoms with Crippen molar-refractivity contribution in [3.63, 3.8) is 0 Å². The lowest BCUT2D eigenvalue weighted by molar-refractivity contribution is -0.145. The minimum Gasteiger partial charge on any atom is -0.343 e. The quantitative estimate of drug-likeness (QED) is 0.404. The summed E-state index contributed by atoms with van der Waals surface area (Å²) in [7, 11) is 0. The average molecular weight is 186 g/mol. The van der Waals surface area contributed by atoms with Gasteiger partial charge in [-0.15, -0.1) is 0 Å². The fraction of sp³-hybridized carbons (Fsp3) is 0.778. The number of amidine groups is 1. The zero-order chi connectivity index (χ0) is 10.4. The third-order valence-electron chi connectivity index (χ3n) is 1.24. The van der Waals surface area contributed by atoms with Crippen LogP contribution in [0.3, 0.4) is 0 Å². The van der Waals surface area contributed by atoms with Crippen molar-refractivity contribution < 1.29 is 9.63 Å². The van der Waals surface area contributed by atoms with Gasteiger partial charge in [-0.2, -0.15) is 0 Å². The summed E-state index contributed by atoms with van der Waals surface area (Å²) in [6.45, 7) is 9.26. The van der Waals surface area contributed by atoms with E-state index in [1.807, 2.05) is 27.7 Å². The van der Waals surface area contributed by atoms with Crippen molar-refractivity contribution in [2.45, 2.75) is 40.7 Å². The lowest BCUT2D eigenvalue weighted by atomic mass is 10.2. The molecule has 0 saturated carbocycles. The summed E-state index contributed by atoms with van der Waals surface area (Å²) in [5.41, 5.74) is 2.55. The number of nitrogens with one attached hydrogen (secondary N) is 1. The molecule has 0 aliphatic rings. The second-order valence-electron chi connectivity index (χ2n) is 3.46. The van der Waals surface area contributed by atoms with Gasteiger partial charge in [-0.25, -0.2) is 5.48 Å². The maximum Gasteiger partial charge on any atom is 0.329 e. The van der Waals surface area contributed by atoms with Crippen molar-refractivity contribution in [2.75, 3.05) is 0 Å². The van der Waals surface area contributed by atoms with E-state index in [1.54, 1.807) is 0 Å². The Kier molecular flexibility index (Phi) is 5.11. The van der Waals surface area contributed by atoms with Crippen molar-refractivity contribution >= 4 is 11.8 Å². The molecule has 0 bridgehead atoms. The Labute approximate surface area is 79.3 Å². The van der Waals surface area contributed by atoms with E-state index >= 15 is 0 Å². The molecule has 0 aromatic heterocycles. The molecule has 0 rings (SSSR count). The molecule has 0 radical (unpaired) electrons. The van der Waals surface area contributed by atoms with Gasteiger partial charge in [0.1, 0.15) is 5.84 Å². The third kappa shape index (κ3) is 6.13. The normalized spacial score (nSPS) is 12.1. The fourth-order valence-corrected chi connectivity index (χ4v) is 0.696. The molecule has 0 aromatic carbocycles. The first-order valence-corrected chi connectivity index (χ1v) is 4.44. The van der Waals surface area contributed by atoms with Gasteiger partial charge in [0, 0.05) is 18.9 Å². The van der Waals surface area contributed by atoms with Crippen molar-refractivity contribution in [1.82, 2.24) is 5.48 Å². The van der Waals surface area contributed by atoms with Crippen LogP contribution in [0.4, 0.5) is 0 Å². The van der Waals surface area contributed by atoms with Crippen LogP contribution in [0.2, 0.25) is 0 Å². The number of hydrogen-bond acceptors (Lipinski definition) is 3. The SMILES string of the molecule is CC(=O)ONC(=NC(C)C)C(C)C. The summed E-state index contributed by atoms with van der Waals surface area (Å²) < 4.78 is 0. The Morgan fingerprint density at radius 2 is 1.85 bits per heavy atom. The number of carbonyl (C=O) groups excluding carboxylic acids is 1. The molecule has 4 heteroatoms. The molecule has 1 N–H and O–H groups in total. The van der Waals surface area contributed by atoms with Crippen molar-refractivity contribution in [3.8, 4) is 0 Å². The van der Waals surface area contributed by atoms with Crippen LogP contribution in [0.1, 0.15) is 34.6 Å². The van der Waals surface area contributed by atoms with E-state index in [9.17, 15) is 4.79 Å². The van der Waals surface area contributed by atoms with Crippen LogP contribution in [0.15, 0.2) is 4.99 Å².